The Hall–Kier alpha value is -2.00. The molecule has 2 N–H and O–H groups in total. The van der Waals surface area contributed by atoms with Gasteiger partial charge < -0.3 is 24.3 Å². The van der Waals surface area contributed by atoms with Gasteiger partial charge in [0.2, 0.25) is 0 Å². The van der Waals surface area contributed by atoms with Gasteiger partial charge in [-0.05, 0) is 37.3 Å². The summed E-state index contributed by atoms with van der Waals surface area (Å²) in [7, 11) is 0. The van der Waals surface area contributed by atoms with E-state index < -0.39 is 35.2 Å². The maximum Gasteiger partial charge on any atom is 0.317 e. The average Bonchev–Trinajstić information content (AvgIpc) is 3.03. The second kappa shape index (κ2) is 6.77. The number of hydrogen-bond acceptors (Lipinski definition) is 6. The molecule has 3 unspecified atom stereocenters. The third-order valence-electron chi connectivity index (χ3n) is 6.11. The van der Waals surface area contributed by atoms with Crippen molar-refractivity contribution in [3.63, 3.8) is 0 Å². The van der Waals surface area contributed by atoms with E-state index in [0.29, 0.717) is 12.1 Å². The standard InChI is InChI=1S/C21H28N2O6/c1-20(2)8-9-22-16-12(20)6-5-7-13(16)23(19(27)18(22)26)10-14(24)17(25)15-11-28-21(3,4)29-15/h5-7,14-15,17,24-25H,8-11H2,1-4H3. The molecular weight excluding hydrogens is 376 g/mol. The first-order chi connectivity index (χ1) is 13.5. The van der Waals surface area contributed by atoms with Crippen LogP contribution in [0.2, 0.25) is 0 Å². The number of ether oxygens (including phenoxy) is 2. The molecule has 3 atom stereocenters. The fraction of sp³-hybridized carbons (Fsp3) is 0.619. The molecule has 2 aliphatic heterocycles. The van der Waals surface area contributed by atoms with Crippen LogP contribution in [0, 0.1) is 0 Å². The number of aryl methyl sites for hydroxylation is 1. The van der Waals surface area contributed by atoms with Crippen molar-refractivity contribution >= 4 is 11.0 Å². The van der Waals surface area contributed by atoms with Crippen LogP contribution in [0.4, 0.5) is 0 Å². The maximum atomic E-state index is 12.8. The Morgan fingerprint density at radius 3 is 2.55 bits per heavy atom. The normalized spacial score (nSPS) is 24.6. The Morgan fingerprint density at radius 2 is 1.90 bits per heavy atom. The number of benzene rings is 1. The van der Waals surface area contributed by atoms with E-state index in [1.165, 1.54) is 9.13 Å². The topological polar surface area (TPSA) is 103 Å². The smallest absolute Gasteiger partial charge is 0.317 e. The molecule has 1 saturated heterocycles. The lowest BCUT2D eigenvalue weighted by molar-refractivity contribution is -0.161. The lowest BCUT2D eigenvalue weighted by atomic mass is 9.78. The van der Waals surface area contributed by atoms with Crippen molar-refractivity contribution < 1.29 is 19.7 Å². The molecule has 0 radical (unpaired) electrons. The number of aliphatic hydroxyl groups excluding tert-OH is 2. The van der Waals surface area contributed by atoms with Crippen LogP contribution in [0.25, 0.3) is 11.0 Å². The van der Waals surface area contributed by atoms with Gasteiger partial charge in [-0.2, -0.15) is 0 Å². The number of nitrogens with zero attached hydrogens (tertiary/aromatic N) is 2. The summed E-state index contributed by atoms with van der Waals surface area (Å²) in [6.07, 6.45) is -2.50. The molecule has 0 amide bonds. The monoisotopic (exact) mass is 404 g/mol. The Bertz CT molecular complexity index is 1070. The largest absolute Gasteiger partial charge is 0.388 e. The molecule has 8 heteroatoms. The molecule has 8 nitrogen and oxygen atoms in total. The Kier molecular flexibility index (Phi) is 4.73. The van der Waals surface area contributed by atoms with E-state index in [9.17, 15) is 19.8 Å². The van der Waals surface area contributed by atoms with E-state index in [0.717, 1.165) is 17.5 Å². The summed E-state index contributed by atoms with van der Waals surface area (Å²) < 4.78 is 13.9. The molecule has 3 heterocycles. The number of rotatable bonds is 4. The molecule has 0 bridgehead atoms. The molecule has 0 spiro atoms. The first kappa shape index (κ1) is 20.3. The third-order valence-corrected chi connectivity index (χ3v) is 6.11. The summed E-state index contributed by atoms with van der Waals surface area (Å²) in [4.78, 5) is 25.6. The highest BCUT2D eigenvalue weighted by Crippen LogP contribution is 2.36. The molecule has 2 aromatic rings. The predicted octanol–water partition coefficient (Wildman–Crippen LogP) is 0.718. The van der Waals surface area contributed by atoms with Crippen LogP contribution in [-0.2, 0) is 28.0 Å². The molecule has 0 aliphatic carbocycles. The Balaban J connectivity index is 1.76. The van der Waals surface area contributed by atoms with Gasteiger partial charge in [-0.25, -0.2) is 0 Å². The second-order valence-corrected chi connectivity index (χ2v) is 9.10. The Labute approximate surface area is 168 Å². The van der Waals surface area contributed by atoms with Crippen LogP contribution in [-0.4, -0.2) is 50.1 Å². The van der Waals surface area contributed by atoms with E-state index >= 15 is 0 Å². The molecule has 1 aromatic carbocycles. The van der Waals surface area contributed by atoms with Crippen molar-refractivity contribution in [1.82, 2.24) is 9.13 Å². The van der Waals surface area contributed by atoms with Crippen LogP contribution < -0.4 is 11.1 Å². The summed E-state index contributed by atoms with van der Waals surface area (Å²) in [5.74, 6) is -0.840. The zero-order valence-corrected chi connectivity index (χ0v) is 17.2. The van der Waals surface area contributed by atoms with Crippen LogP contribution in [0.1, 0.15) is 39.7 Å². The summed E-state index contributed by atoms with van der Waals surface area (Å²) in [6.45, 7) is 8.09. The first-order valence-corrected chi connectivity index (χ1v) is 9.96. The van der Waals surface area contributed by atoms with E-state index in [1.54, 1.807) is 19.9 Å². The lowest BCUT2D eigenvalue weighted by Gasteiger charge is -2.33. The highest BCUT2D eigenvalue weighted by atomic mass is 16.7. The highest BCUT2D eigenvalue weighted by Gasteiger charge is 2.40. The van der Waals surface area contributed by atoms with Gasteiger partial charge in [0.25, 0.3) is 0 Å². The van der Waals surface area contributed by atoms with Gasteiger partial charge in [-0.3, -0.25) is 14.2 Å². The van der Waals surface area contributed by atoms with Gasteiger partial charge in [0.15, 0.2) is 5.79 Å². The fourth-order valence-electron chi connectivity index (χ4n) is 4.37. The Morgan fingerprint density at radius 1 is 1.17 bits per heavy atom. The SMILES string of the molecule is CC1(C)OCC(C(O)C(O)Cn2c(=O)c(=O)n3c4c(cccc42)C(C)(C)CC3)O1. The van der Waals surface area contributed by atoms with Gasteiger partial charge in [0.05, 0.1) is 24.2 Å². The summed E-state index contributed by atoms with van der Waals surface area (Å²) in [5.41, 5.74) is 0.851. The lowest BCUT2D eigenvalue weighted by Crippen LogP contribution is -2.48. The minimum atomic E-state index is -1.30. The van der Waals surface area contributed by atoms with E-state index in [2.05, 4.69) is 13.8 Å². The van der Waals surface area contributed by atoms with Gasteiger partial charge in [-0.1, -0.05) is 26.0 Å². The molecule has 1 aromatic heterocycles. The minimum absolute atomic E-state index is 0.132. The van der Waals surface area contributed by atoms with Crippen molar-refractivity contribution in [3.05, 3.63) is 44.5 Å². The van der Waals surface area contributed by atoms with Gasteiger partial charge in [0.1, 0.15) is 18.3 Å². The zero-order chi connectivity index (χ0) is 21.1. The summed E-state index contributed by atoms with van der Waals surface area (Å²) in [5, 5.41) is 21.2. The summed E-state index contributed by atoms with van der Waals surface area (Å²) in [6, 6.07) is 5.60. The van der Waals surface area contributed by atoms with Crippen molar-refractivity contribution in [2.24, 2.45) is 0 Å². The quantitative estimate of drug-likeness (QED) is 0.728. The zero-order valence-electron chi connectivity index (χ0n) is 17.2. The predicted molar refractivity (Wildman–Crippen MR) is 107 cm³/mol. The van der Waals surface area contributed by atoms with Gasteiger partial charge in [-0.15, -0.1) is 0 Å². The molecule has 0 saturated carbocycles. The van der Waals surface area contributed by atoms with E-state index in [-0.39, 0.29) is 18.6 Å². The van der Waals surface area contributed by atoms with Crippen LogP contribution in [0.5, 0.6) is 0 Å². The van der Waals surface area contributed by atoms with Crippen LogP contribution in [0.3, 0.4) is 0 Å². The maximum absolute atomic E-state index is 12.8. The van der Waals surface area contributed by atoms with Crippen LogP contribution >= 0.6 is 0 Å². The molecule has 4 rings (SSSR count). The van der Waals surface area contributed by atoms with Crippen molar-refractivity contribution in [2.45, 2.75) is 76.7 Å². The highest BCUT2D eigenvalue weighted by molar-refractivity contribution is 5.81. The molecule has 2 aliphatic rings. The van der Waals surface area contributed by atoms with E-state index in [4.69, 9.17) is 9.47 Å². The molecule has 1 fully saturated rings. The number of aromatic nitrogens is 2. The fourth-order valence-corrected chi connectivity index (χ4v) is 4.37. The number of hydrogen-bond donors (Lipinski definition) is 2. The first-order valence-electron chi connectivity index (χ1n) is 9.96. The second-order valence-electron chi connectivity index (χ2n) is 9.10. The van der Waals surface area contributed by atoms with Crippen molar-refractivity contribution in [3.8, 4) is 0 Å². The van der Waals surface area contributed by atoms with Gasteiger partial charge in [0, 0.05) is 6.54 Å². The molecule has 29 heavy (non-hydrogen) atoms. The van der Waals surface area contributed by atoms with Gasteiger partial charge >= 0.3 is 11.1 Å². The average molecular weight is 404 g/mol. The third kappa shape index (κ3) is 3.34. The molecular formula is C21H28N2O6. The van der Waals surface area contributed by atoms with Crippen molar-refractivity contribution in [2.75, 3.05) is 6.61 Å². The number of para-hydroxylation sites is 1. The minimum Gasteiger partial charge on any atom is -0.388 e. The van der Waals surface area contributed by atoms with Crippen LogP contribution in [0.15, 0.2) is 27.8 Å². The summed E-state index contributed by atoms with van der Waals surface area (Å²) >= 11 is 0. The van der Waals surface area contributed by atoms with Crippen molar-refractivity contribution in [1.29, 1.82) is 0 Å². The van der Waals surface area contributed by atoms with E-state index in [1.807, 2.05) is 12.1 Å². The number of aliphatic hydroxyl groups is 2. The molecule has 158 valence electrons.